The minimum Gasteiger partial charge on any atom is -0.454 e. The molecular formula is C16H19NO3. The molecule has 0 fully saturated rings. The molecule has 4 nitrogen and oxygen atoms in total. The Labute approximate surface area is 118 Å². The van der Waals surface area contributed by atoms with Gasteiger partial charge >= 0.3 is 5.97 Å². The van der Waals surface area contributed by atoms with E-state index in [1.54, 1.807) is 0 Å². The van der Waals surface area contributed by atoms with E-state index >= 15 is 0 Å². The summed E-state index contributed by atoms with van der Waals surface area (Å²) in [5.41, 5.74) is 2.00. The molecule has 0 aliphatic carbocycles. The number of aromatic amines is 1. The van der Waals surface area contributed by atoms with Crippen LogP contribution in [0.3, 0.4) is 0 Å². The number of benzene rings is 1. The van der Waals surface area contributed by atoms with Gasteiger partial charge in [0.05, 0.1) is 0 Å². The van der Waals surface area contributed by atoms with Crippen molar-refractivity contribution in [3.63, 3.8) is 0 Å². The third-order valence-electron chi connectivity index (χ3n) is 3.27. The number of ether oxygens (including phenoxy) is 1. The van der Waals surface area contributed by atoms with Crippen LogP contribution >= 0.6 is 0 Å². The third kappa shape index (κ3) is 3.07. The Bertz CT molecular complexity index is 627. The number of ketones is 1. The van der Waals surface area contributed by atoms with Gasteiger partial charge in [0.25, 0.3) is 0 Å². The molecule has 0 bridgehead atoms. The number of Topliss-reactive ketones (excluding diaryl/α,β-unsaturated/α-hetero) is 1. The molecule has 4 heteroatoms. The van der Waals surface area contributed by atoms with Crippen LogP contribution in [0.4, 0.5) is 0 Å². The summed E-state index contributed by atoms with van der Waals surface area (Å²) in [6, 6.07) is 7.87. The number of hydrogen-bond donors (Lipinski definition) is 1. The number of nitrogens with one attached hydrogen (secondary N) is 1. The molecule has 0 aliphatic heterocycles. The van der Waals surface area contributed by atoms with Crippen LogP contribution in [0.2, 0.25) is 0 Å². The van der Waals surface area contributed by atoms with E-state index in [2.05, 4.69) is 4.98 Å². The van der Waals surface area contributed by atoms with Crippen LogP contribution in [-0.2, 0) is 20.7 Å². The number of rotatable bonds is 5. The number of fused-ring (bicyclic) bond motifs is 1. The van der Waals surface area contributed by atoms with E-state index < -0.39 is 12.1 Å². The fourth-order valence-corrected chi connectivity index (χ4v) is 2.27. The lowest BCUT2D eigenvalue weighted by Crippen LogP contribution is -2.31. The predicted molar refractivity (Wildman–Crippen MR) is 77.4 cm³/mol. The van der Waals surface area contributed by atoms with Gasteiger partial charge in [-0.2, -0.15) is 0 Å². The highest BCUT2D eigenvalue weighted by Crippen LogP contribution is 2.21. The first kappa shape index (κ1) is 14.3. The molecule has 1 aromatic heterocycles. The van der Waals surface area contributed by atoms with Crippen LogP contribution in [0.25, 0.3) is 10.9 Å². The largest absolute Gasteiger partial charge is 0.454 e. The molecule has 1 N–H and O–H groups in total. The lowest BCUT2D eigenvalue weighted by atomic mass is 9.97. The normalized spacial score (nSPS) is 12.6. The molecule has 0 radical (unpaired) electrons. The van der Waals surface area contributed by atoms with Crippen LogP contribution in [0.1, 0.15) is 26.3 Å². The first-order valence-electron chi connectivity index (χ1n) is 6.75. The van der Waals surface area contributed by atoms with Gasteiger partial charge < -0.3 is 9.72 Å². The van der Waals surface area contributed by atoms with Crippen molar-refractivity contribution in [2.45, 2.75) is 33.3 Å². The van der Waals surface area contributed by atoms with Gasteiger partial charge in [0.1, 0.15) is 0 Å². The van der Waals surface area contributed by atoms with Gasteiger partial charge in [-0.05, 0) is 11.6 Å². The van der Waals surface area contributed by atoms with Crippen LogP contribution in [0.15, 0.2) is 30.5 Å². The quantitative estimate of drug-likeness (QED) is 0.852. The van der Waals surface area contributed by atoms with Gasteiger partial charge in [0.15, 0.2) is 11.9 Å². The number of carbonyl (C=O) groups is 2. The Morgan fingerprint density at radius 1 is 1.25 bits per heavy atom. The number of esters is 1. The molecule has 1 unspecified atom stereocenters. The second kappa shape index (κ2) is 5.90. The van der Waals surface area contributed by atoms with E-state index in [1.165, 1.54) is 6.92 Å². The van der Waals surface area contributed by atoms with Crippen molar-refractivity contribution in [3.8, 4) is 0 Å². The van der Waals surface area contributed by atoms with E-state index in [-0.39, 0.29) is 11.7 Å². The number of aromatic nitrogens is 1. The fourth-order valence-electron chi connectivity index (χ4n) is 2.27. The summed E-state index contributed by atoms with van der Waals surface area (Å²) < 4.78 is 5.19. The first-order chi connectivity index (χ1) is 9.49. The number of para-hydroxylation sites is 1. The molecular weight excluding hydrogens is 254 g/mol. The standard InChI is InChI=1S/C16H19NO3/c1-10(2)16(19)15(20-11(3)18)8-12-9-17-14-7-5-4-6-13(12)14/h4-7,9-10,15,17H,8H2,1-3H3. The van der Waals surface area contributed by atoms with Gasteiger partial charge in [-0.1, -0.05) is 32.0 Å². The van der Waals surface area contributed by atoms with Crippen LogP contribution in [-0.4, -0.2) is 22.8 Å². The average Bonchev–Trinajstić information content (AvgIpc) is 2.80. The molecule has 1 heterocycles. The highest BCUT2D eigenvalue weighted by molar-refractivity contribution is 5.89. The predicted octanol–water partition coefficient (Wildman–Crippen LogP) is 2.87. The molecule has 0 saturated carbocycles. The third-order valence-corrected chi connectivity index (χ3v) is 3.27. The molecule has 2 aromatic rings. The molecule has 1 aromatic carbocycles. The van der Waals surface area contributed by atoms with Crippen molar-refractivity contribution in [1.82, 2.24) is 4.98 Å². The minimum absolute atomic E-state index is 0.0505. The Morgan fingerprint density at radius 3 is 2.60 bits per heavy atom. The van der Waals surface area contributed by atoms with E-state index in [1.807, 2.05) is 44.3 Å². The maximum atomic E-state index is 12.2. The summed E-state index contributed by atoms with van der Waals surface area (Å²) in [5.74, 6) is -0.640. The number of H-pyrrole nitrogens is 1. The molecule has 0 spiro atoms. The Morgan fingerprint density at radius 2 is 1.95 bits per heavy atom. The topological polar surface area (TPSA) is 59.2 Å². The molecule has 106 valence electrons. The van der Waals surface area contributed by atoms with Crippen molar-refractivity contribution in [2.24, 2.45) is 5.92 Å². The summed E-state index contributed by atoms with van der Waals surface area (Å²) in [6.45, 7) is 4.96. The van der Waals surface area contributed by atoms with Gasteiger partial charge in [0.2, 0.25) is 0 Å². The molecule has 1 atom stereocenters. The molecule has 2 rings (SSSR count). The van der Waals surface area contributed by atoms with Crippen molar-refractivity contribution < 1.29 is 14.3 Å². The molecule has 0 saturated heterocycles. The second-order valence-electron chi connectivity index (χ2n) is 5.22. The highest BCUT2D eigenvalue weighted by atomic mass is 16.5. The van der Waals surface area contributed by atoms with E-state index in [0.717, 1.165) is 16.5 Å². The van der Waals surface area contributed by atoms with Gasteiger partial charge in [-0.25, -0.2) is 0 Å². The molecule has 0 amide bonds. The zero-order chi connectivity index (χ0) is 14.7. The smallest absolute Gasteiger partial charge is 0.303 e. The summed E-state index contributed by atoms with van der Waals surface area (Å²) >= 11 is 0. The van der Waals surface area contributed by atoms with Crippen molar-refractivity contribution >= 4 is 22.7 Å². The second-order valence-corrected chi connectivity index (χ2v) is 5.22. The van der Waals surface area contributed by atoms with Crippen molar-refractivity contribution in [2.75, 3.05) is 0 Å². The fraction of sp³-hybridized carbons (Fsp3) is 0.375. The zero-order valence-electron chi connectivity index (χ0n) is 12.0. The van der Waals surface area contributed by atoms with Gasteiger partial charge in [-0.15, -0.1) is 0 Å². The van der Waals surface area contributed by atoms with Crippen LogP contribution < -0.4 is 0 Å². The van der Waals surface area contributed by atoms with E-state index in [9.17, 15) is 9.59 Å². The van der Waals surface area contributed by atoms with Crippen LogP contribution in [0, 0.1) is 5.92 Å². The first-order valence-corrected chi connectivity index (χ1v) is 6.75. The Kier molecular flexibility index (Phi) is 4.23. The number of hydrogen-bond acceptors (Lipinski definition) is 3. The monoisotopic (exact) mass is 273 g/mol. The van der Waals surface area contributed by atoms with E-state index in [4.69, 9.17) is 4.74 Å². The summed E-state index contributed by atoms with van der Waals surface area (Å²) in [4.78, 5) is 26.5. The lowest BCUT2D eigenvalue weighted by Gasteiger charge is -2.17. The Hall–Kier alpha value is -2.10. The number of carbonyl (C=O) groups excluding carboxylic acids is 2. The average molecular weight is 273 g/mol. The molecule has 20 heavy (non-hydrogen) atoms. The lowest BCUT2D eigenvalue weighted by molar-refractivity contribution is -0.154. The van der Waals surface area contributed by atoms with Crippen molar-refractivity contribution in [1.29, 1.82) is 0 Å². The van der Waals surface area contributed by atoms with Crippen molar-refractivity contribution in [3.05, 3.63) is 36.0 Å². The van der Waals surface area contributed by atoms with Gasteiger partial charge in [0, 0.05) is 36.4 Å². The summed E-state index contributed by atoms with van der Waals surface area (Å²) in [7, 11) is 0. The van der Waals surface area contributed by atoms with E-state index in [0.29, 0.717) is 6.42 Å². The summed E-state index contributed by atoms with van der Waals surface area (Å²) in [5, 5.41) is 1.06. The maximum Gasteiger partial charge on any atom is 0.303 e. The summed E-state index contributed by atoms with van der Waals surface area (Å²) in [6.07, 6.45) is 1.56. The van der Waals surface area contributed by atoms with Gasteiger partial charge in [-0.3, -0.25) is 9.59 Å². The minimum atomic E-state index is -0.716. The maximum absolute atomic E-state index is 12.2. The van der Waals surface area contributed by atoms with Crippen LogP contribution in [0.5, 0.6) is 0 Å². The SMILES string of the molecule is CC(=O)OC(Cc1c[nH]c2ccccc12)C(=O)C(C)C. The highest BCUT2D eigenvalue weighted by Gasteiger charge is 2.25. The molecule has 0 aliphatic rings. The zero-order valence-corrected chi connectivity index (χ0v) is 12.0. The Balaban J connectivity index is 2.27.